The lowest BCUT2D eigenvalue weighted by atomic mass is 10.1. The molecule has 0 spiro atoms. The van der Waals surface area contributed by atoms with Crippen molar-refractivity contribution >= 4 is 39.4 Å². The highest BCUT2D eigenvalue weighted by atomic mass is 32.1. The number of hydrogen-bond donors (Lipinski definition) is 3. The number of amides is 1. The molecule has 1 amide bonds. The van der Waals surface area contributed by atoms with Crippen LogP contribution in [0.4, 0.5) is 11.9 Å². The zero-order chi connectivity index (χ0) is 25.1. The number of nitrogens with one attached hydrogen (secondary N) is 1. The van der Waals surface area contributed by atoms with E-state index in [9.17, 15) is 4.79 Å². The van der Waals surface area contributed by atoms with Crippen LogP contribution in [0.1, 0.15) is 32.7 Å². The van der Waals surface area contributed by atoms with E-state index in [1.165, 1.54) is 12.4 Å². The predicted molar refractivity (Wildman–Crippen MR) is 132 cm³/mol. The van der Waals surface area contributed by atoms with Crippen LogP contribution in [0.3, 0.4) is 0 Å². The Morgan fingerprint density at radius 3 is 2.72 bits per heavy atom. The van der Waals surface area contributed by atoms with Crippen LogP contribution in [-0.4, -0.2) is 67.8 Å². The van der Waals surface area contributed by atoms with E-state index >= 15 is 0 Å². The van der Waals surface area contributed by atoms with Crippen LogP contribution < -0.4 is 21.0 Å². The summed E-state index contributed by atoms with van der Waals surface area (Å²) in [4.78, 5) is 42.8. The van der Waals surface area contributed by atoms with Gasteiger partial charge < -0.3 is 20.3 Å². The summed E-state index contributed by atoms with van der Waals surface area (Å²) in [7, 11) is 1.86. The Labute approximate surface area is 210 Å². The summed E-state index contributed by atoms with van der Waals surface area (Å²) < 4.78 is 6.92. The van der Waals surface area contributed by atoms with Gasteiger partial charge in [-0.15, -0.1) is 11.3 Å². The zero-order valence-corrected chi connectivity index (χ0v) is 20.2. The van der Waals surface area contributed by atoms with Crippen LogP contribution >= 0.6 is 11.3 Å². The van der Waals surface area contributed by atoms with Gasteiger partial charge in [-0.2, -0.15) is 0 Å². The lowest BCUT2D eigenvalue weighted by Crippen LogP contribution is -2.39. The number of nitrogens with two attached hydrogens (primary N) is 1. The number of carbonyl (C=O) groups is 1. The fourth-order valence-corrected chi connectivity index (χ4v) is 4.81. The number of nitrogens with zero attached hydrogens (tertiary/aromatic N) is 8. The molecule has 4 aromatic heterocycles. The second-order valence-corrected chi connectivity index (χ2v) is 9.31. The summed E-state index contributed by atoms with van der Waals surface area (Å²) in [6, 6.07) is 2.03. The summed E-state index contributed by atoms with van der Waals surface area (Å²) in [5, 5.41) is 8.72. The average Bonchev–Trinajstić information content (AvgIpc) is 3.34. The molecule has 4 N–H and O–H groups in total. The monoisotopic (exact) mass is 508 g/mol. The van der Waals surface area contributed by atoms with Crippen LogP contribution in [-0.2, 0) is 17.8 Å². The molecule has 13 nitrogen and oxygen atoms in total. The van der Waals surface area contributed by atoms with Gasteiger partial charge in [-0.1, -0.05) is 0 Å². The van der Waals surface area contributed by atoms with Crippen LogP contribution in [0.25, 0.3) is 10.2 Å². The molecule has 0 saturated carbocycles. The third-order valence-corrected chi connectivity index (χ3v) is 6.72. The van der Waals surface area contributed by atoms with Gasteiger partial charge in [0.1, 0.15) is 11.9 Å². The Bertz CT molecular complexity index is 1350. The van der Waals surface area contributed by atoms with E-state index in [1.807, 2.05) is 24.2 Å². The van der Waals surface area contributed by atoms with Crippen molar-refractivity contribution in [2.45, 2.75) is 19.2 Å². The summed E-state index contributed by atoms with van der Waals surface area (Å²) in [6.45, 7) is 2.68. The van der Waals surface area contributed by atoms with Gasteiger partial charge in [0.15, 0.2) is 0 Å². The first-order chi connectivity index (χ1) is 17.5. The molecule has 4 aromatic rings. The maximum Gasteiger partial charge on any atom is 0.277 e. The van der Waals surface area contributed by atoms with Gasteiger partial charge in [0, 0.05) is 48.8 Å². The maximum absolute atomic E-state index is 11.5. The number of rotatable bonds is 7. The average molecular weight is 509 g/mol. The summed E-state index contributed by atoms with van der Waals surface area (Å²) in [5.74, 6) is 1.04. The highest BCUT2D eigenvalue weighted by molar-refractivity contribution is 7.19. The molecule has 5 rings (SSSR count). The van der Waals surface area contributed by atoms with Crippen molar-refractivity contribution in [3.05, 3.63) is 58.9 Å². The first-order valence-corrected chi connectivity index (χ1v) is 12.0. The van der Waals surface area contributed by atoms with E-state index in [2.05, 4.69) is 29.8 Å². The number of aromatic nitrogens is 6. The molecular weight excluding hydrogens is 484 g/mol. The van der Waals surface area contributed by atoms with Crippen molar-refractivity contribution in [1.29, 1.82) is 0 Å². The molecular formula is C22H24N10O3S. The quantitative estimate of drug-likeness (QED) is 0.240. The lowest BCUT2D eigenvalue weighted by molar-refractivity contribution is 0.0388. The molecule has 0 bridgehead atoms. The van der Waals surface area contributed by atoms with E-state index in [0.29, 0.717) is 50.5 Å². The molecule has 1 aliphatic rings. The van der Waals surface area contributed by atoms with Crippen LogP contribution in [0.5, 0.6) is 0 Å². The first-order valence-electron chi connectivity index (χ1n) is 11.1. The van der Waals surface area contributed by atoms with Crippen LogP contribution in [0.15, 0.2) is 37.1 Å². The molecule has 0 radical (unpaired) electrons. The lowest BCUT2D eigenvalue weighted by Gasteiger charge is -2.32. The highest BCUT2D eigenvalue weighted by Crippen LogP contribution is 2.29. The molecule has 1 unspecified atom stereocenters. The van der Waals surface area contributed by atoms with Gasteiger partial charge in [-0.25, -0.2) is 35.4 Å². The number of ether oxygens (including phenoxy) is 1. The summed E-state index contributed by atoms with van der Waals surface area (Å²) >= 11 is 1.60. The standard InChI is InChI=1S/C22H24N10O3S/c1-31(21-26-8-14(9-27-21)20(33)30-34)11-15-4-16-18(36-15)10-28-22(29-16)32-2-3-35-17(12-32)13-6-24-19(5-23)25-7-13/h4,6-10,17,34H,2-3,5,11-12,23H2,1H3,(H,30,33). The summed E-state index contributed by atoms with van der Waals surface area (Å²) in [6.07, 6.45) is 7.91. The second-order valence-electron chi connectivity index (χ2n) is 8.14. The SMILES string of the molecule is CN(Cc1cc2nc(N3CCOC(c4cnc(CN)nc4)C3)ncc2s1)c1ncc(C(=O)NO)cn1. The number of fused-ring (bicyclic) bond motifs is 1. The number of morpholine rings is 1. The Kier molecular flexibility index (Phi) is 6.90. The molecule has 1 fully saturated rings. The van der Waals surface area contributed by atoms with Gasteiger partial charge in [0.05, 0.1) is 48.2 Å². The van der Waals surface area contributed by atoms with Crippen molar-refractivity contribution in [2.75, 3.05) is 36.5 Å². The number of anilines is 2. The number of hydroxylamine groups is 1. The molecule has 0 aliphatic carbocycles. The van der Waals surface area contributed by atoms with E-state index in [-0.39, 0.29) is 11.7 Å². The first kappa shape index (κ1) is 23.9. The Morgan fingerprint density at radius 2 is 2.00 bits per heavy atom. The van der Waals surface area contributed by atoms with E-state index < -0.39 is 5.91 Å². The van der Waals surface area contributed by atoms with Crippen molar-refractivity contribution in [2.24, 2.45) is 5.73 Å². The van der Waals surface area contributed by atoms with Crippen molar-refractivity contribution in [3.8, 4) is 0 Å². The predicted octanol–water partition coefficient (Wildman–Crippen LogP) is 1.06. The maximum atomic E-state index is 11.5. The molecule has 14 heteroatoms. The number of carbonyl (C=O) groups excluding carboxylic acids is 1. The minimum Gasteiger partial charge on any atom is -0.370 e. The molecule has 1 saturated heterocycles. The molecule has 1 aliphatic heterocycles. The van der Waals surface area contributed by atoms with Gasteiger partial charge >= 0.3 is 0 Å². The minimum atomic E-state index is -0.660. The van der Waals surface area contributed by atoms with Gasteiger partial charge in [-0.05, 0) is 6.07 Å². The molecule has 36 heavy (non-hydrogen) atoms. The molecule has 0 aromatic carbocycles. The molecule has 186 valence electrons. The zero-order valence-electron chi connectivity index (χ0n) is 19.4. The minimum absolute atomic E-state index is 0.171. The Hall–Kier alpha value is -3.85. The van der Waals surface area contributed by atoms with E-state index in [0.717, 1.165) is 20.7 Å². The van der Waals surface area contributed by atoms with Crippen molar-refractivity contribution in [3.63, 3.8) is 0 Å². The fraction of sp³-hybridized carbons (Fsp3) is 0.318. The summed E-state index contributed by atoms with van der Waals surface area (Å²) in [5.41, 5.74) is 9.08. The highest BCUT2D eigenvalue weighted by Gasteiger charge is 2.25. The van der Waals surface area contributed by atoms with Crippen LogP contribution in [0, 0.1) is 0 Å². The number of hydrogen-bond acceptors (Lipinski definition) is 13. The smallest absolute Gasteiger partial charge is 0.277 e. The largest absolute Gasteiger partial charge is 0.370 e. The van der Waals surface area contributed by atoms with Gasteiger partial charge in [0.2, 0.25) is 11.9 Å². The Balaban J connectivity index is 1.28. The van der Waals surface area contributed by atoms with Crippen molar-refractivity contribution < 1.29 is 14.7 Å². The fourth-order valence-electron chi connectivity index (χ4n) is 3.78. The number of thiophene rings is 1. The Morgan fingerprint density at radius 1 is 1.22 bits per heavy atom. The van der Waals surface area contributed by atoms with E-state index in [1.54, 1.807) is 29.2 Å². The normalized spacial score (nSPS) is 15.8. The van der Waals surface area contributed by atoms with Crippen LogP contribution in [0.2, 0.25) is 0 Å². The topological polar surface area (TPSA) is 168 Å². The third-order valence-electron chi connectivity index (χ3n) is 5.67. The van der Waals surface area contributed by atoms with Gasteiger partial charge in [-0.3, -0.25) is 10.0 Å². The second kappa shape index (κ2) is 10.4. The van der Waals surface area contributed by atoms with E-state index in [4.69, 9.17) is 20.7 Å². The van der Waals surface area contributed by atoms with Gasteiger partial charge in [0.25, 0.3) is 5.91 Å². The molecule has 5 heterocycles. The molecule has 1 atom stereocenters. The third kappa shape index (κ3) is 5.06. The van der Waals surface area contributed by atoms with Crippen molar-refractivity contribution in [1.82, 2.24) is 35.4 Å².